The molecule has 2 rings (SSSR count). The third kappa shape index (κ3) is 3.56. The first-order valence-electron chi connectivity index (χ1n) is 6.77. The van der Waals surface area contributed by atoms with Crippen LogP contribution in [0.2, 0.25) is 0 Å². The van der Waals surface area contributed by atoms with Gasteiger partial charge in [-0.1, -0.05) is 39.7 Å². The molecular weight excluding hydrogens is 335 g/mol. The molecule has 4 heteroatoms. The van der Waals surface area contributed by atoms with Crippen molar-refractivity contribution in [2.45, 2.75) is 18.7 Å². The van der Waals surface area contributed by atoms with Crippen LogP contribution in [0.4, 0.5) is 4.39 Å². The predicted octanol–water partition coefficient (Wildman–Crippen LogP) is 5.03. The number of rotatable bonds is 5. The number of hydrogen-bond donors (Lipinski definition) is 0. The number of benzene rings is 2. The van der Waals surface area contributed by atoms with Crippen LogP contribution in [0.1, 0.15) is 28.4 Å². The molecule has 0 aliphatic rings. The van der Waals surface area contributed by atoms with Crippen molar-refractivity contribution >= 4 is 15.9 Å². The van der Waals surface area contributed by atoms with Gasteiger partial charge in [0.15, 0.2) is 11.6 Å². The Labute approximate surface area is 133 Å². The van der Waals surface area contributed by atoms with E-state index in [2.05, 4.69) is 15.9 Å². The molecule has 0 fully saturated rings. The van der Waals surface area contributed by atoms with Gasteiger partial charge in [-0.25, -0.2) is 4.39 Å². The van der Waals surface area contributed by atoms with E-state index in [1.54, 1.807) is 6.07 Å². The molecule has 0 aliphatic carbocycles. The fourth-order valence-electron chi connectivity index (χ4n) is 2.17. The number of halogens is 2. The molecule has 2 nitrogen and oxygen atoms in total. The zero-order chi connectivity index (χ0) is 15.4. The third-order valence-electron chi connectivity index (χ3n) is 3.21. The topological polar surface area (TPSA) is 18.5 Å². The quantitative estimate of drug-likeness (QED) is 0.703. The average molecular weight is 353 g/mol. The molecule has 0 spiro atoms. The molecule has 112 valence electrons. The van der Waals surface area contributed by atoms with Crippen molar-refractivity contribution in [3.8, 4) is 11.5 Å². The molecule has 0 bridgehead atoms. The summed E-state index contributed by atoms with van der Waals surface area (Å²) in [5, 5.41) is 0. The van der Waals surface area contributed by atoms with Gasteiger partial charge >= 0.3 is 0 Å². The number of aryl methyl sites for hydroxylation is 1. The van der Waals surface area contributed by atoms with E-state index in [1.807, 2.05) is 38.1 Å². The number of hydrogen-bond acceptors (Lipinski definition) is 2. The van der Waals surface area contributed by atoms with Crippen molar-refractivity contribution in [2.24, 2.45) is 0 Å². The van der Waals surface area contributed by atoms with Crippen LogP contribution < -0.4 is 9.47 Å². The summed E-state index contributed by atoms with van der Waals surface area (Å²) in [5.74, 6) is 0.680. The van der Waals surface area contributed by atoms with E-state index >= 15 is 0 Å². The molecule has 2 aromatic rings. The minimum Gasteiger partial charge on any atom is -0.494 e. The Kier molecular flexibility index (Phi) is 5.23. The van der Waals surface area contributed by atoms with E-state index < -0.39 is 0 Å². The maximum atomic E-state index is 13.9. The molecule has 0 radical (unpaired) electrons. The molecule has 0 aliphatic heterocycles. The van der Waals surface area contributed by atoms with E-state index in [0.717, 1.165) is 22.4 Å². The van der Waals surface area contributed by atoms with Crippen molar-refractivity contribution in [3.63, 3.8) is 0 Å². The van der Waals surface area contributed by atoms with Gasteiger partial charge in [-0.3, -0.25) is 0 Å². The molecule has 0 saturated carbocycles. The second-order valence-corrected chi connectivity index (χ2v) is 5.65. The maximum absolute atomic E-state index is 13.9. The van der Waals surface area contributed by atoms with Gasteiger partial charge in [-0.2, -0.15) is 0 Å². The lowest BCUT2D eigenvalue weighted by Gasteiger charge is -2.17. The van der Waals surface area contributed by atoms with Gasteiger partial charge in [0, 0.05) is 5.56 Å². The van der Waals surface area contributed by atoms with Crippen LogP contribution in [0, 0.1) is 12.7 Å². The first-order chi connectivity index (χ1) is 10.1. The Bertz CT molecular complexity index is 628. The molecule has 1 atom stereocenters. The van der Waals surface area contributed by atoms with E-state index in [1.165, 1.54) is 13.2 Å². The van der Waals surface area contributed by atoms with Crippen LogP contribution in [-0.4, -0.2) is 13.7 Å². The van der Waals surface area contributed by atoms with Crippen molar-refractivity contribution in [1.29, 1.82) is 0 Å². The highest BCUT2D eigenvalue weighted by Gasteiger charge is 2.17. The second kappa shape index (κ2) is 6.94. The van der Waals surface area contributed by atoms with E-state index in [-0.39, 0.29) is 16.4 Å². The Morgan fingerprint density at radius 3 is 2.48 bits per heavy atom. The molecule has 0 aromatic heterocycles. The van der Waals surface area contributed by atoms with Crippen LogP contribution >= 0.6 is 15.9 Å². The predicted molar refractivity (Wildman–Crippen MR) is 86.1 cm³/mol. The summed E-state index contributed by atoms with van der Waals surface area (Å²) < 4.78 is 24.5. The number of ether oxygens (including phenoxy) is 2. The van der Waals surface area contributed by atoms with Crippen LogP contribution in [0.25, 0.3) is 0 Å². The van der Waals surface area contributed by atoms with Crippen molar-refractivity contribution in [1.82, 2.24) is 0 Å². The van der Waals surface area contributed by atoms with Gasteiger partial charge in [0.1, 0.15) is 5.75 Å². The lowest BCUT2D eigenvalue weighted by Crippen LogP contribution is -2.01. The minimum absolute atomic E-state index is 0.139. The third-order valence-corrected chi connectivity index (χ3v) is 4.23. The smallest absolute Gasteiger partial charge is 0.165 e. The SMILES string of the molecule is CCOc1ccc(C)cc1C(Br)c1ccc(OC)c(F)c1. The van der Waals surface area contributed by atoms with Gasteiger partial charge in [-0.05, 0) is 37.6 Å². The molecule has 0 heterocycles. The zero-order valence-electron chi connectivity index (χ0n) is 12.3. The Balaban J connectivity index is 2.41. The van der Waals surface area contributed by atoms with Crippen LogP contribution in [-0.2, 0) is 0 Å². The van der Waals surface area contributed by atoms with E-state index in [9.17, 15) is 4.39 Å². The molecule has 0 saturated heterocycles. The summed E-state index contributed by atoms with van der Waals surface area (Å²) in [4.78, 5) is -0.139. The van der Waals surface area contributed by atoms with Crippen molar-refractivity contribution in [2.75, 3.05) is 13.7 Å². The fraction of sp³-hybridized carbons (Fsp3) is 0.294. The van der Waals surface area contributed by atoms with Crippen LogP contribution in [0.15, 0.2) is 36.4 Å². The average Bonchev–Trinajstić information content (AvgIpc) is 2.48. The molecular formula is C17H18BrFO2. The molecule has 21 heavy (non-hydrogen) atoms. The summed E-state index contributed by atoms with van der Waals surface area (Å²) in [7, 11) is 1.46. The molecule has 0 N–H and O–H groups in total. The standard InChI is InChI=1S/C17H18BrFO2/c1-4-21-15-7-5-11(2)9-13(15)17(18)12-6-8-16(20-3)14(19)10-12/h5-10,17H,4H2,1-3H3. The van der Waals surface area contributed by atoms with Crippen molar-refractivity contribution in [3.05, 3.63) is 58.9 Å². The highest BCUT2D eigenvalue weighted by Crippen LogP contribution is 2.38. The lowest BCUT2D eigenvalue weighted by molar-refractivity contribution is 0.337. The minimum atomic E-state index is -0.370. The molecule has 2 aromatic carbocycles. The highest BCUT2D eigenvalue weighted by atomic mass is 79.9. The fourth-order valence-corrected chi connectivity index (χ4v) is 2.82. The zero-order valence-corrected chi connectivity index (χ0v) is 13.9. The highest BCUT2D eigenvalue weighted by molar-refractivity contribution is 9.09. The Morgan fingerprint density at radius 2 is 1.86 bits per heavy atom. The van der Waals surface area contributed by atoms with Gasteiger partial charge < -0.3 is 9.47 Å². The first-order valence-corrected chi connectivity index (χ1v) is 7.69. The molecule has 1 unspecified atom stereocenters. The van der Waals surface area contributed by atoms with Crippen molar-refractivity contribution < 1.29 is 13.9 Å². The van der Waals surface area contributed by atoms with E-state index in [0.29, 0.717) is 6.61 Å². The largest absolute Gasteiger partial charge is 0.494 e. The number of alkyl halides is 1. The lowest BCUT2D eigenvalue weighted by atomic mass is 10.0. The second-order valence-electron chi connectivity index (χ2n) is 4.73. The van der Waals surface area contributed by atoms with Gasteiger partial charge in [0.2, 0.25) is 0 Å². The number of methoxy groups -OCH3 is 1. The summed E-state index contributed by atoms with van der Waals surface area (Å²) in [5.41, 5.74) is 2.94. The summed E-state index contributed by atoms with van der Waals surface area (Å²) in [6.45, 7) is 4.56. The summed E-state index contributed by atoms with van der Waals surface area (Å²) in [6.07, 6.45) is 0. The van der Waals surface area contributed by atoms with Gasteiger partial charge in [-0.15, -0.1) is 0 Å². The Morgan fingerprint density at radius 1 is 1.14 bits per heavy atom. The monoisotopic (exact) mass is 352 g/mol. The normalized spacial score (nSPS) is 12.0. The Hall–Kier alpha value is -1.55. The van der Waals surface area contributed by atoms with Gasteiger partial charge in [0.25, 0.3) is 0 Å². The van der Waals surface area contributed by atoms with E-state index in [4.69, 9.17) is 9.47 Å². The summed E-state index contributed by atoms with van der Waals surface area (Å²) >= 11 is 3.64. The maximum Gasteiger partial charge on any atom is 0.165 e. The first kappa shape index (κ1) is 15.8. The summed E-state index contributed by atoms with van der Waals surface area (Å²) in [6, 6.07) is 11.0. The van der Waals surface area contributed by atoms with Gasteiger partial charge in [0.05, 0.1) is 18.5 Å². The van der Waals surface area contributed by atoms with Crippen LogP contribution in [0.3, 0.4) is 0 Å². The van der Waals surface area contributed by atoms with Crippen LogP contribution in [0.5, 0.6) is 11.5 Å². The molecule has 0 amide bonds.